The zero-order chi connectivity index (χ0) is 8.81. The third-order valence-corrected chi connectivity index (χ3v) is 1.93. The summed E-state index contributed by atoms with van der Waals surface area (Å²) in [6.07, 6.45) is -0.381. The van der Waals surface area contributed by atoms with Crippen LogP contribution in [0.5, 0.6) is 0 Å². The van der Waals surface area contributed by atoms with Crippen LogP contribution in [-0.4, -0.2) is 61.0 Å². The lowest BCUT2D eigenvalue weighted by Gasteiger charge is -2.28. The second-order valence-corrected chi connectivity index (χ2v) is 2.98. The van der Waals surface area contributed by atoms with Gasteiger partial charge in [-0.15, -0.1) is 0 Å². The van der Waals surface area contributed by atoms with E-state index in [1.54, 1.807) is 0 Å². The van der Waals surface area contributed by atoms with Crippen molar-refractivity contribution in [2.24, 2.45) is 5.84 Å². The predicted molar refractivity (Wildman–Crippen MR) is 49.1 cm³/mol. The molecule has 0 amide bonds. The van der Waals surface area contributed by atoms with Crippen molar-refractivity contribution >= 4 is 0 Å². The van der Waals surface area contributed by atoms with Crippen molar-refractivity contribution in [3.05, 3.63) is 0 Å². The maximum atomic E-state index is 9.38. The maximum Gasteiger partial charge on any atom is 0.0805 e. The summed E-state index contributed by atoms with van der Waals surface area (Å²) in [6.45, 7) is 4.46. The van der Waals surface area contributed by atoms with Gasteiger partial charge in [0.05, 0.1) is 19.3 Å². The van der Waals surface area contributed by atoms with Crippen LogP contribution >= 0.6 is 0 Å². The molecule has 1 atom stereocenters. The number of ether oxygens (including phenoxy) is 1. The Bertz CT molecular complexity index is 120. The highest BCUT2D eigenvalue weighted by Gasteiger charge is 2.13. The molecular weight excluding hydrogens is 174 g/mol. The van der Waals surface area contributed by atoms with Gasteiger partial charge in [-0.1, -0.05) is 0 Å². The molecule has 1 aliphatic rings. The van der Waals surface area contributed by atoms with Gasteiger partial charge >= 0.3 is 0 Å². The summed E-state index contributed by atoms with van der Waals surface area (Å²) in [4.78, 5) is 2.17. The van der Waals surface area contributed by atoms with Crippen LogP contribution in [0.25, 0.3) is 0 Å². The lowest BCUT2D eigenvalue weighted by atomic mass is 10.3. The van der Waals surface area contributed by atoms with Gasteiger partial charge in [-0.2, -0.15) is 0 Å². The minimum atomic E-state index is -0.381. The first-order valence-electron chi connectivity index (χ1n) is 4.24. The molecule has 0 aromatic carbocycles. The average Bonchev–Trinajstić information content (AvgIpc) is 2.06. The van der Waals surface area contributed by atoms with E-state index in [4.69, 9.17) is 10.6 Å². The normalized spacial score (nSPS) is 20.8. The molecule has 6 heteroatoms. The van der Waals surface area contributed by atoms with E-state index in [1.807, 2.05) is 0 Å². The Balaban J connectivity index is 0.00000144. The zero-order valence-corrected chi connectivity index (χ0v) is 7.70. The highest BCUT2D eigenvalue weighted by Crippen LogP contribution is 1.97. The standard InChI is InChI=1S/C7H17N3O2.H2O/c8-9-5-7(11)6-10-1-3-12-4-2-10;/h7,9,11H,1-6,8H2;1H2. The highest BCUT2D eigenvalue weighted by molar-refractivity contribution is 4.67. The molecule has 1 aliphatic heterocycles. The number of aliphatic hydroxyl groups excluding tert-OH is 1. The predicted octanol–water partition coefficient (Wildman–Crippen LogP) is -2.68. The Kier molecular flexibility index (Phi) is 7.06. The fraction of sp³-hybridized carbons (Fsp3) is 1.00. The molecule has 0 bridgehead atoms. The summed E-state index contributed by atoms with van der Waals surface area (Å²) in [7, 11) is 0. The lowest BCUT2D eigenvalue weighted by molar-refractivity contribution is 0.0150. The van der Waals surface area contributed by atoms with E-state index in [9.17, 15) is 5.11 Å². The van der Waals surface area contributed by atoms with Crippen molar-refractivity contribution in [3.8, 4) is 0 Å². The van der Waals surface area contributed by atoms with Gasteiger partial charge < -0.3 is 15.3 Å². The second kappa shape index (κ2) is 7.19. The minimum absolute atomic E-state index is 0. The Morgan fingerprint density at radius 3 is 2.62 bits per heavy atom. The molecule has 1 rings (SSSR count). The van der Waals surface area contributed by atoms with Crippen molar-refractivity contribution in [1.29, 1.82) is 0 Å². The molecule has 6 N–H and O–H groups in total. The molecule has 1 heterocycles. The molecule has 80 valence electrons. The molecule has 0 radical (unpaired) electrons. The Hall–Kier alpha value is -0.240. The SMILES string of the molecule is NNCC(O)CN1CCOCC1.O. The number of morpholine rings is 1. The van der Waals surface area contributed by atoms with Gasteiger partial charge in [0.2, 0.25) is 0 Å². The van der Waals surface area contributed by atoms with Gasteiger partial charge in [-0.05, 0) is 0 Å². The van der Waals surface area contributed by atoms with Crippen molar-refractivity contribution < 1.29 is 15.3 Å². The summed E-state index contributed by atoms with van der Waals surface area (Å²) in [5.41, 5.74) is 2.45. The third-order valence-electron chi connectivity index (χ3n) is 1.93. The van der Waals surface area contributed by atoms with E-state index in [1.165, 1.54) is 0 Å². The molecule has 1 unspecified atom stereocenters. The largest absolute Gasteiger partial charge is 0.412 e. The molecule has 0 spiro atoms. The van der Waals surface area contributed by atoms with Crippen LogP contribution in [0.4, 0.5) is 0 Å². The number of rotatable bonds is 4. The fourth-order valence-electron chi connectivity index (χ4n) is 1.28. The second-order valence-electron chi connectivity index (χ2n) is 2.98. The number of hydrogen-bond acceptors (Lipinski definition) is 5. The number of β-amino-alcohol motifs (C(OH)–C–C–N with tert-alkyl or cyclic N) is 1. The van der Waals surface area contributed by atoms with E-state index in [-0.39, 0.29) is 11.6 Å². The summed E-state index contributed by atoms with van der Waals surface area (Å²) >= 11 is 0. The van der Waals surface area contributed by atoms with Gasteiger partial charge in [0.15, 0.2) is 0 Å². The Morgan fingerprint density at radius 2 is 2.08 bits per heavy atom. The molecule has 0 aromatic heterocycles. The average molecular weight is 193 g/mol. The molecule has 0 aliphatic carbocycles. The number of hydrazine groups is 1. The monoisotopic (exact) mass is 193 g/mol. The van der Waals surface area contributed by atoms with Crippen LogP contribution in [0.1, 0.15) is 0 Å². The van der Waals surface area contributed by atoms with E-state index in [2.05, 4.69) is 10.3 Å². The summed E-state index contributed by atoms with van der Waals surface area (Å²) < 4.78 is 5.18. The van der Waals surface area contributed by atoms with Crippen LogP contribution in [0, 0.1) is 0 Å². The van der Waals surface area contributed by atoms with Gasteiger partial charge in [0.25, 0.3) is 0 Å². The number of aliphatic hydroxyl groups is 1. The first-order valence-corrected chi connectivity index (χ1v) is 4.24. The van der Waals surface area contributed by atoms with Gasteiger partial charge in [-0.25, -0.2) is 0 Å². The summed E-state index contributed by atoms with van der Waals surface area (Å²) in [5.74, 6) is 5.08. The Labute approximate surface area is 77.9 Å². The first kappa shape index (κ1) is 12.8. The van der Waals surface area contributed by atoms with E-state index in [0.717, 1.165) is 26.3 Å². The van der Waals surface area contributed by atoms with Crippen LogP contribution in [0.15, 0.2) is 0 Å². The van der Waals surface area contributed by atoms with Crippen LogP contribution in [0.2, 0.25) is 0 Å². The maximum absolute atomic E-state index is 9.38. The summed E-state index contributed by atoms with van der Waals surface area (Å²) in [5, 5.41) is 9.38. The minimum Gasteiger partial charge on any atom is -0.412 e. The molecular formula is C7H19N3O3. The first-order chi connectivity index (χ1) is 5.83. The van der Waals surface area contributed by atoms with Crippen LogP contribution in [0.3, 0.4) is 0 Å². The topological polar surface area (TPSA) is 102 Å². The van der Waals surface area contributed by atoms with Gasteiger partial charge in [0, 0.05) is 26.2 Å². The number of hydrogen-bond donors (Lipinski definition) is 3. The summed E-state index contributed by atoms with van der Waals surface area (Å²) in [6, 6.07) is 0. The number of nitrogens with zero attached hydrogens (tertiary/aromatic N) is 1. The van der Waals surface area contributed by atoms with Crippen molar-refractivity contribution in [3.63, 3.8) is 0 Å². The lowest BCUT2D eigenvalue weighted by Crippen LogP contribution is -2.44. The molecule has 0 saturated carbocycles. The molecule has 6 nitrogen and oxygen atoms in total. The van der Waals surface area contributed by atoms with E-state index < -0.39 is 0 Å². The quantitative estimate of drug-likeness (QED) is 0.333. The fourth-order valence-corrected chi connectivity index (χ4v) is 1.28. The van der Waals surface area contributed by atoms with Crippen LogP contribution < -0.4 is 11.3 Å². The smallest absolute Gasteiger partial charge is 0.0805 e. The third kappa shape index (κ3) is 5.14. The van der Waals surface area contributed by atoms with Crippen molar-refractivity contribution in [2.45, 2.75) is 6.10 Å². The van der Waals surface area contributed by atoms with E-state index >= 15 is 0 Å². The van der Waals surface area contributed by atoms with Crippen molar-refractivity contribution in [1.82, 2.24) is 10.3 Å². The Morgan fingerprint density at radius 1 is 1.46 bits per heavy atom. The van der Waals surface area contributed by atoms with Gasteiger partial charge in [0.1, 0.15) is 0 Å². The van der Waals surface area contributed by atoms with Crippen molar-refractivity contribution in [2.75, 3.05) is 39.4 Å². The zero-order valence-electron chi connectivity index (χ0n) is 7.70. The molecule has 0 aromatic rings. The highest BCUT2D eigenvalue weighted by atomic mass is 16.5. The van der Waals surface area contributed by atoms with Crippen LogP contribution in [-0.2, 0) is 4.74 Å². The molecule has 13 heavy (non-hydrogen) atoms. The molecule has 1 fully saturated rings. The molecule has 1 saturated heterocycles. The number of nitrogens with one attached hydrogen (secondary N) is 1. The van der Waals surface area contributed by atoms with Gasteiger partial charge in [-0.3, -0.25) is 16.2 Å². The number of nitrogens with two attached hydrogens (primary N) is 1. The van der Waals surface area contributed by atoms with E-state index in [0.29, 0.717) is 13.1 Å².